The van der Waals surface area contributed by atoms with Gasteiger partial charge in [0.25, 0.3) is 11.5 Å². The number of pyridine rings is 1. The third kappa shape index (κ3) is 2.85. The lowest BCUT2D eigenvalue weighted by molar-refractivity contribution is 0.0996. The van der Waals surface area contributed by atoms with Crippen molar-refractivity contribution in [3.05, 3.63) is 63.8 Å². The van der Waals surface area contributed by atoms with Crippen molar-refractivity contribution >= 4 is 5.91 Å². The van der Waals surface area contributed by atoms with Crippen molar-refractivity contribution in [3.63, 3.8) is 0 Å². The fourth-order valence-electron chi connectivity index (χ4n) is 1.82. The molecule has 20 heavy (non-hydrogen) atoms. The normalized spacial score (nSPS) is 10.3. The number of halogens is 1. The molecular weight excluding hydrogens is 263 g/mol. The number of benzene rings is 1. The summed E-state index contributed by atoms with van der Waals surface area (Å²) < 4.78 is 19.1. The summed E-state index contributed by atoms with van der Waals surface area (Å²) in [7, 11) is 1.35. The van der Waals surface area contributed by atoms with Gasteiger partial charge < -0.3 is 15.0 Å². The third-order valence-electron chi connectivity index (χ3n) is 2.84. The number of primary amides is 1. The summed E-state index contributed by atoms with van der Waals surface area (Å²) in [4.78, 5) is 23.2. The third-order valence-corrected chi connectivity index (χ3v) is 2.84. The van der Waals surface area contributed by atoms with Crippen LogP contribution in [-0.2, 0) is 6.54 Å². The second-order valence-electron chi connectivity index (χ2n) is 4.21. The highest BCUT2D eigenvalue weighted by atomic mass is 19.1. The van der Waals surface area contributed by atoms with Gasteiger partial charge in [0.15, 0.2) is 0 Å². The lowest BCUT2D eigenvalue weighted by atomic mass is 10.2. The number of carbonyl (C=O) groups excluding carboxylic acids is 1. The Balaban J connectivity index is 2.41. The predicted octanol–water partition coefficient (Wildman–Crippen LogP) is 1.14. The zero-order valence-corrected chi connectivity index (χ0v) is 10.8. The monoisotopic (exact) mass is 276 g/mol. The SMILES string of the molecule is COc1cc(=O)n(Cc2ccc(F)cc2)cc1C(N)=O. The van der Waals surface area contributed by atoms with Gasteiger partial charge in [-0.05, 0) is 17.7 Å². The van der Waals surface area contributed by atoms with Gasteiger partial charge in [0.1, 0.15) is 11.6 Å². The van der Waals surface area contributed by atoms with Crippen LogP contribution in [0.4, 0.5) is 4.39 Å². The van der Waals surface area contributed by atoms with Gasteiger partial charge in [0.05, 0.1) is 19.2 Å². The predicted molar refractivity (Wildman–Crippen MR) is 71.3 cm³/mol. The minimum absolute atomic E-state index is 0.120. The Morgan fingerprint density at radius 3 is 2.55 bits per heavy atom. The topological polar surface area (TPSA) is 74.3 Å². The Kier molecular flexibility index (Phi) is 3.84. The molecule has 0 spiro atoms. The molecule has 2 rings (SSSR count). The fraction of sp³-hybridized carbons (Fsp3) is 0.143. The number of nitrogens with two attached hydrogens (primary N) is 1. The Labute approximate surface area is 114 Å². The molecule has 1 amide bonds. The van der Waals surface area contributed by atoms with Gasteiger partial charge in [-0.2, -0.15) is 0 Å². The molecule has 0 aliphatic carbocycles. The van der Waals surface area contributed by atoms with E-state index in [4.69, 9.17) is 10.5 Å². The second-order valence-corrected chi connectivity index (χ2v) is 4.21. The van der Waals surface area contributed by atoms with E-state index in [0.29, 0.717) is 0 Å². The summed E-state index contributed by atoms with van der Waals surface area (Å²) in [5.74, 6) is -0.902. The number of methoxy groups -OCH3 is 1. The molecule has 104 valence electrons. The van der Waals surface area contributed by atoms with Crippen LogP contribution in [0.2, 0.25) is 0 Å². The van der Waals surface area contributed by atoms with Crippen LogP contribution in [-0.4, -0.2) is 17.6 Å². The van der Waals surface area contributed by atoms with E-state index in [0.717, 1.165) is 5.56 Å². The van der Waals surface area contributed by atoms with Crippen molar-refractivity contribution in [3.8, 4) is 5.75 Å². The first-order valence-corrected chi connectivity index (χ1v) is 5.84. The summed E-state index contributed by atoms with van der Waals surface area (Å²) in [5.41, 5.74) is 5.75. The zero-order chi connectivity index (χ0) is 14.7. The molecule has 0 radical (unpaired) electrons. The molecular formula is C14H13FN2O3. The van der Waals surface area contributed by atoms with E-state index < -0.39 is 5.91 Å². The smallest absolute Gasteiger partial charge is 0.254 e. The van der Waals surface area contributed by atoms with Crippen molar-refractivity contribution in [1.82, 2.24) is 4.57 Å². The molecule has 1 heterocycles. The molecule has 0 fully saturated rings. The maximum Gasteiger partial charge on any atom is 0.254 e. The van der Waals surface area contributed by atoms with Crippen LogP contribution in [0, 0.1) is 5.82 Å². The number of amides is 1. The first kappa shape index (κ1) is 13.8. The average molecular weight is 276 g/mol. The molecule has 0 aliphatic heterocycles. The van der Waals surface area contributed by atoms with E-state index in [1.165, 1.54) is 36.1 Å². The lowest BCUT2D eigenvalue weighted by Crippen LogP contribution is -2.24. The van der Waals surface area contributed by atoms with Gasteiger partial charge >= 0.3 is 0 Å². The molecule has 0 aliphatic rings. The van der Waals surface area contributed by atoms with Gasteiger partial charge in [-0.3, -0.25) is 9.59 Å². The number of nitrogens with zero attached hydrogens (tertiary/aromatic N) is 1. The van der Waals surface area contributed by atoms with Gasteiger partial charge in [-0.25, -0.2) is 4.39 Å². The number of rotatable bonds is 4. The largest absolute Gasteiger partial charge is 0.496 e. The van der Waals surface area contributed by atoms with Crippen molar-refractivity contribution in [1.29, 1.82) is 0 Å². The van der Waals surface area contributed by atoms with Gasteiger partial charge in [0.2, 0.25) is 0 Å². The first-order valence-electron chi connectivity index (χ1n) is 5.84. The molecule has 0 bridgehead atoms. The maximum atomic E-state index is 12.8. The van der Waals surface area contributed by atoms with E-state index in [1.54, 1.807) is 12.1 Å². The molecule has 2 aromatic rings. The van der Waals surface area contributed by atoms with Crippen LogP contribution in [0.15, 0.2) is 41.3 Å². The quantitative estimate of drug-likeness (QED) is 0.910. The molecule has 6 heteroatoms. The van der Waals surface area contributed by atoms with Gasteiger partial charge in [-0.1, -0.05) is 12.1 Å². The zero-order valence-electron chi connectivity index (χ0n) is 10.8. The van der Waals surface area contributed by atoms with E-state index in [1.807, 2.05) is 0 Å². The van der Waals surface area contributed by atoms with E-state index in [2.05, 4.69) is 0 Å². The minimum Gasteiger partial charge on any atom is -0.496 e. The van der Waals surface area contributed by atoms with Crippen LogP contribution in [0.5, 0.6) is 5.75 Å². The minimum atomic E-state index is -0.685. The molecule has 0 saturated heterocycles. The Morgan fingerprint density at radius 1 is 1.35 bits per heavy atom. The van der Waals surface area contributed by atoms with E-state index in [-0.39, 0.29) is 29.2 Å². The molecule has 0 atom stereocenters. The van der Waals surface area contributed by atoms with E-state index >= 15 is 0 Å². The molecule has 1 aromatic carbocycles. The highest BCUT2D eigenvalue weighted by Crippen LogP contribution is 2.15. The van der Waals surface area contributed by atoms with Crippen molar-refractivity contribution in [2.24, 2.45) is 5.73 Å². The van der Waals surface area contributed by atoms with Gasteiger partial charge in [0, 0.05) is 12.3 Å². The summed E-state index contributed by atoms with van der Waals surface area (Å²) in [6.45, 7) is 0.212. The molecule has 2 N–H and O–H groups in total. The first-order chi connectivity index (χ1) is 9.51. The van der Waals surface area contributed by atoms with Crippen LogP contribution >= 0.6 is 0 Å². The summed E-state index contributed by atoms with van der Waals surface area (Å²) >= 11 is 0. The Morgan fingerprint density at radius 2 is 2.00 bits per heavy atom. The van der Waals surface area contributed by atoms with Gasteiger partial charge in [-0.15, -0.1) is 0 Å². The maximum absolute atomic E-state index is 12.8. The van der Waals surface area contributed by atoms with Crippen molar-refractivity contribution < 1.29 is 13.9 Å². The number of hydrogen-bond acceptors (Lipinski definition) is 3. The van der Waals surface area contributed by atoms with Crippen LogP contribution in [0.25, 0.3) is 0 Å². The number of hydrogen-bond donors (Lipinski definition) is 1. The summed E-state index contributed by atoms with van der Waals surface area (Å²) in [6, 6.07) is 6.94. The van der Waals surface area contributed by atoms with Crippen LogP contribution in [0.1, 0.15) is 15.9 Å². The number of carbonyl (C=O) groups is 1. The van der Waals surface area contributed by atoms with Crippen LogP contribution < -0.4 is 16.0 Å². The van der Waals surface area contributed by atoms with Crippen molar-refractivity contribution in [2.45, 2.75) is 6.54 Å². The van der Waals surface area contributed by atoms with E-state index in [9.17, 15) is 14.0 Å². The van der Waals surface area contributed by atoms with Crippen molar-refractivity contribution in [2.75, 3.05) is 7.11 Å². The Bertz CT molecular complexity index is 693. The lowest BCUT2D eigenvalue weighted by Gasteiger charge is -2.10. The number of ether oxygens (including phenoxy) is 1. The fourth-order valence-corrected chi connectivity index (χ4v) is 1.82. The molecule has 1 aromatic heterocycles. The number of aromatic nitrogens is 1. The molecule has 5 nitrogen and oxygen atoms in total. The van der Waals surface area contributed by atoms with Crippen LogP contribution in [0.3, 0.4) is 0 Å². The highest BCUT2D eigenvalue weighted by molar-refractivity contribution is 5.95. The average Bonchev–Trinajstić information content (AvgIpc) is 2.42. The summed E-state index contributed by atoms with van der Waals surface area (Å²) in [5, 5.41) is 0. The Hall–Kier alpha value is -2.63. The highest BCUT2D eigenvalue weighted by Gasteiger charge is 2.12. The molecule has 0 unspecified atom stereocenters. The summed E-state index contributed by atoms with van der Waals surface area (Å²) in [6.07, 6.45) is 1.34. The standard InChI is InChI=1S/C14H13FN2O3/c1-20-12-6-13(18)17(8-11(12)14(16)19)7-9-2-4-10(15)5-3-9/h2-6,8H,7H2,1H3,(H2,16,19). The molecule has 0 saturated carbocycles. The second kappa shape index (κ2) is 5.56.